The molecule has 0 unspecified atom stereocenters. The van der Waals surface area contributed by atoms with E-state index in [4.69, 9.17) is 16.2 Å². The van der Waals surface area contributed by atoms with Crippen LogP contribution in [-0.4, -0.2) is 41.8 Å². The van der Waals surface area contributed by atoms with E-state index < -0.39 is 60.2 Å². The average Bonchev–Trinajstić information content (AvgIpc) is 3.07. The number of amides is 5. The van der Waals surface area contributed by atoms with Crippen LogP contribution in [0.2, 0.25) is 0 Å². The molecule has 0 saturated carbocycles. The van der Waals surface area contributed by atoms with Crippen molar-refractivity contribution >= 4 is 29.7 Å². The first-order chi connectivity index (χ1) is 22.2. The Morgan fingerprint density at radius 2 is 1.07 bits per heavy atom. The Morgan fingerprint density at radius 3 is 1.50 bits per heavy atom. The van der Waals surface area contributed by atoms with Crippen LogP contribution in [0, 0.1) is 0 Å². The Bertz CT molecular complexity index is 1540. The van der Waals surface area contributed by atoms with E-state index in [1.165, 1.54) is 0 Å². The Kier molecular flexibility index (Phi) is 11.2. The van der Waals surface area contributed by atoms with Gasteiger partial charge in [-0.25, -0.2) is 4.79 Å². The van der Waals surface area contributed by atoms with E-state index in [-0.39, 0.29) is 6.61 Å². The quantitative estimate of drug-likeness (QED) is 0.135. The third-order valence-electron chi connectivity index (χ3n) is 7.22. The monoisotopic (exact) mass is 621 g/mol. The van der Waals surface area contributed by atoms with Gasteiger partial charge in [-0.05, 0) is 22.3 Å². The van der Waals surface area contributed by atoms with Gasteiger partial charge < -0.3 is 32.2 Å². The van der Waals surface area contributed by atoms with Gasteiger partial charge in [-0.3, -0.25) is 19.2 Å². The molecule has 0 heterocycles. The van der Waals surface area contributed by atoms with Crippen LogP contribution in [0.15, 0.2) is 121 Å². The summed E-state index contributed by atoms with van der Waals surface area (Å²) in [6.45, 7) is -0.0993. The second kappa shape index (κ2) is 15.7. The smallest absolute Gasteiger partial charge is 0.408 e. The average molecular weight is 622 g/mol. The third kappa shape index (κ3) is 8.56. The lowest BCUT2D eigenvalue weighted by molar-refractivity contribution is -0.132. The molecule has 4 aromatic carbocycles. The molecular formula is C35H35N5O6. The lowest BCUT2D eigenvalue weighted by Gasteiger charge is -2.37. The molecule has 7 N–H and O–H groups in total. The maximum atomic E-state index is 14.0. The van der Waals surface area contributed by atoms with Gasteiger partial charge in [0.05, 0.1) is 12.8 Å². The zero-order chi connectivity index (χ0) is 32.9. The molecule has 0 spiro atoms. The van der Waals surface area contributed by atoms with Gasteiger partial charge >= 0.3 is 6.09 Å². The van der Waals surface area contributed by atoms with Crippen LogP contribution in [0.5, 0.6) is 0 Å². The van der Waals surface area contributed by atoms with Crippen molar-refractivity contribution in [1.82, 2.24) is 16.0 Å². The van der Waals surface area contributed by atoms with E-state index in [1.807, 2.05) is 97.1 Å². The molecular weight excluding hydrogens is 586 g/mol. The number of primary amides is 2. The van der Waals surface area contributed by atoms with E-state index in [2.05, 4.69) is 16.0 Å². The molecule has 0 aliphatic carbocycles. The first kappa shape index (κ1) is 32.9. The maximum Gasteiger partial charge on any atom is 0.408 e. The summed E-state index contributed by atoms with van der Waals surface area (Å²) in [5.41, 5.74) is 12.3. The Labute approximate surface area is 266 Å². The predicted molar refractivity (Wildman–Crippen MR) is 170 cm³/mol. The fourth-order valence-electron chi connectivity index (χ4n) is 5.04. The summed E-state index contributed by atoms with van der Waals surface area (Å²) in [5.74, 6) is -3.46. The summed E-state index contributed by atoms with van der Waals surface area (Å²) >= 11 is 0. The van der Waals surface area contributed by atoms with Crippen molar-refractivity contribution in [3.8, 4) is 0 Å². The fraction of sp³-hybridized carbons (Fsp3) is 0.171. The number of carbonyl (C=O) groups excluding carboxylic acids is 5. The van der Waals surface area contributed by atoms with Gasteiger partial charge in [0.15, 0.2) is 0 Å². The fourth-order valence-corrected chi connectivity index (χ4v) is 5.04. The largest absolute Gasteiger partial charge is 0.445 e. The minimum absolute atomic E-state index is 0.0993. The van der Waals surface area contributed by atoms with Crippen molar-refractivity contribution in [3.05, 3.63) is 144 Å². The van der Waals surface area contributed by atoms with Gasteiger partial charge in [-0.2, -0.15) is 0 Å². The normalized spacial score (nSPS) is 12.2. The Morgan fingerprint density at radius 1 is 0.609 bits per heavy atom. The first-order valence-electron chi connectivity index (χ1n) is 14.5. The molecule has 11 heteroatoms. The van der Waals surface area contributed by atoms with E-state index in [1.54, 1.807) is 24.3 Å². The number of nitrogens with two attached hydrogens (primary N) is 2. The second-order valence-electron chi connectivity index (χ2n) is 10.5. The summed E-state index contributed by atoms with van der Waals surface area (Å²) in [5, 5.41) is 7.87. The lowest BCUT2D eigenvalue weighted by atomic mass is 9.77. The molecule has 0 aliphatic heterocycles. The highest BCUT2D eigenvalue weighted by Gasteiger charge is 2.39. The highest BCUT2D eigenvalue weighted by molar-refractivity contribution is 5.95. The molecule has 2 atom stereocenters. The van der Waals surface area contributed by atoms with Gasteiger partial charge in [0.25, 0.3) is 0 Å². The maximum absolute atomic E-state index is 14.0. The van der Waals surface area contributed by atoms with Gasteiger partial charge in [-0.15, -0.1) is 0 Å². The standard InChI is InChI=1S/C35H35N5O6/c36-30(41)21-28(32(37)43)38-33(44)29(39-34(45)46-23-24-13-5-1-6-14-24)22-31(42)40-35(25-15-7-2-8-16-25,26-17-9-3-10-18-26)27-19-11-4-12-20-27/h1-20,28-29H,21-23H2,(H2,36,41)(H2,37,43)(H,38,44)(H,39,45)(H,40,42)/t28-,29-/m0/s1. The van der Waals surface area contributed by atoms with Crippen LogP contribution in [0.1, 0.15) is 35.1 Å². The first-order valence-corrected chi connectivity index (χ1v) is 14.5. The SMILES string of the molecule is NC(=O)C[C@H](NC(=O)[C@H](CC(=O)NC(c1ccccc1)(c1ccccc1)c1ccccc1)NC(=O)OCc1ccccc1)C(N)=O. The van der Waals surface area contributed by atoms with Gasteiger partial charge in [0, 0.05) is 0 Å². The molecule has 0 saturated heterocycles. The van der Waals surface area contributed by atoms with E-state index >= 15 is 0 Å². The Balaban J connectivity index is 1.66. The highest BCUT2D eigenvalue weighted by atomic mass is 16.5. The molecule has 5 amide bonds. The molecule has 0 fully saturated rings. The minimum atomic E-state index is -1.53. The van der Waals surface area contributed by atoms with E-state index in [0.717, 1.165) is 16.7 Å². The molecule has 0 aromatic heterocycles. The molecule has 4 rings (SSSR count). The number of hydrogen-bond donors (Lipinski definition) is 5. The number of nitrogens with one attached hydrogen (secondary N) is 3. The van der Waals surface area contributed by atoms with Crippen LogP contribution >= 0.6 is 0 Å². The van der Waals surface area contributed by atoms with Crippen LogP contribution in [0.3, 0.4) is 0 Å². The number of ether oxygens (including phenoxy) is 1. The third-order valence-corrected chi connectivity index (χ3v) is 7.22. The van der Waals surface area contributed by atoms with Crippen LogP contribution in [0.4, 0.5) is 4.79 Å². The number of benzene rings is 4. The zero-order valence-electron chi connectivity index (χ0n) is 24.9. The topological polar surface area (TPSA) is 183 Å². The minimum Gasteiger partial charge on any atom is -0.445 e. The van der Waals surface area contributed by atoms with Gasteiger partial charge in [0.1, 0.15) is 24.2 Å². The van der Waals surface area contributed by atoms with Crippen molar-refractivity contribution < 1.29 is 28.7 Å². The second-order valence-corrected chi connectivity index (χ2v) is 10.5. The number of hydrogen-bond acceptors (Lipinski definition) is 6. The predicted octanol–water partition coefficient (Wildman–Crippen LogP) is 2.63. The molecule has 0 aliphatic rings. The molecule has 236 valence electrons. The van der Waals surface area contributed by atoms with Crippen LogP contribution in [-0.2, 0) is 36.1 Å². The van der Waals surface area contributed by atoms with Crippen molar-refractivity contribution in [3.63, 3.8) is 0 Å². The summed E-state index contributed by atoms with van der Waals surface area (Å²) in [4.78, 5) is 63.8. The van der Waals surface area contributed by atoms with Crippen molar-refractivity contribution in [2.75, 3.05) is 0 Å². The van der Waals surface area contributed by atoms with Gasteiger partial charge in [-0.1, -0.05) is 121 Å². The number of alkyl carbamates (subject to hydrolysis) is 1. The van der Waals surface area contributed by atoms with Crippen LogP contribution in [0.25, 0.3) is 0 Å². The van der Waals surface area contributed by atoms with E-state index in [9.17, 15) is 24.0 Å². The van der Waals surface area contributed by atoms with Crippen molar-refractivity contribution in [1.29, 1.82) is 0 Å². The van der Waals surface area contributed by atoms with Crippen LogP contribution < -0.4 is 27.4 Å². The number of carbonyl (C=O) groups is 5. The zero-order valence-corrected chi connectivity index (χ0v) is 24.9. The molecule has 0 radical (unpaired) electrons. The van der Waals surface area contributed by atoms with Gasteiger partial charge in [0.2, 0.25) is 23.6 Å². The summed E-state index contributed by atoms with van der Waals surface area (Å²) in [7, 11) is 0. The molecule has 11 nitrogen and oxygen atoms in total. The lowest BCUT2D eigenvalue weighted by Crippen LogP contribution is -2.56. The molecule has 0 bridgehead atoms. The molecule has 46 heavy (non-hydrogen) atoms. The van der Waals surface area contributed by atoms with Crippen molar-refractivity contribution in [2.45, 2.75) is 37.1 Å². The van der Waals surface area contributed by atoms with Crippen molar-refractivity contribution in [2.24, 2.45) is 11.5 Å². The highest BCUT2D eigenvalue weighted by Crippen LogP contribution is 2.36. The van der Waals surface area contributed by atoms with E-state index in [0.29, 0.717) is 5.56 Å². The summed E-state index contributed by atoms with van der Waals surface area (Å²) in [6.07, 6.45) is -2.12. The Hall–Kier alpha value is -5.97. The molecule has 4 aromatic rings. The summed E-state index contributed by atoms with van der Waals surface area (Å²) in [6, 6.07) is 33.8. The number of rotatable bonds is 14. The summed E-state index contributed by atoms with van der Waals surface area (Å²) < 4.78 is 5.29.